The van der Waals surface area contributed by atoms with Crippen LogP contribution in [0.5, 0.6) is 0 Å². The fourth-order valence-corrected chi connectivity index (χ4v) is 3.11. The molecular weight excluding hydrogens is 218 g/mol. The second-order valence-electron chi connectivity index (χ2n) is 7.04. The molecule has 0 saturated heterocycles. The average Bonchev–Trinajstić information content (AvgIpc) is 2.67. The van der Waals surface area contributed by atoms with Crippen LogP contribution in [0.25, 0.3) is 0 Å². The van der Waals surface area contributed by atoms with Gasteiger partial charge in [0, 0.05) is 6.04 Å². The summed E-state index contributed by atoms with van der Waals surface area (Å²) in [7, 11) is 0. The molecule has 0 spiro atoms. The van der Waals surface area contributed by atoms with Crippen molar-refractivity contribution in [2.24, 2.45) is 16.7 Å². The number of nitrogens with one attached hydrogen (secondary N) is 1. The lowest BCUT2D eigenvalue weighted by molar-refractivity contribution is 0.457. The molecule has 1 heteroatoms. The van der Waals surface area contributed by atoms with Gasteiger partial charge in [-0.2, -0.15) is 0 Å². The molecule has 18 heavy (non-hydrogen) atoms. The zero-order valence-electron chi connectivity index (χ0n) is 12.7. The SMILES string of the molecule is Cc1ccc(C(C)NCC2C(C)(C)C2(C)C)cc1. The Morgan fingerprint density at radius 3 is 2.00 bits per heavy atom. The fraction of sp³-hybridized carbons (Fsp3) is 0.647. The van der Waals surface area contributed by atoms with Crippen LogP contribution in [0.15, 0.2) is 24.3 Å². The molecule has 0 radical (unpaired) electrons. The lowest BCUT2D eigenvalue weighted by Gasteiger charge is -2.15. The van der Waals surface area contributed by atoms with E-state index in [0.29, 0.717) is 16.9 Å². The van der Waals surface area contributed by atoms with Gasteiger partial charge < -0.3 is 5.32 Å². The van der Waals surface area contributed by atoms with Crippen LogP contribution in [0.4, 0.5) is 0 Å². The molecule has 1 unspecified atom stereocenters. The lowest BCUT2D eigenvalue weighted by atomic mass is 10.0. The summed E-state index contributed by atoms with van der Waals surface area (Å²) in [5.41, 5.74) is 3.67. The Morgan fingerprint density at radius 2 is 1.56 bits per heavy atom. The molecule has 1 aliphatic carbocycles. The van der Waals surface area contributed by atoms with Gasteiger partial charge in [0.1, 0.15) is 0 Å². The van der Waals surface area contributed by atoms with Gasteiger partial charge in [-0.1, -0.05) is 57.5 Å². The second kappa shape index (κ2) is 4.38. The van der Waals surface area contributed by atoms with Gasteiger partial charge in [-0.3, -0.25) is 0 Å². The first-order valence-corrected chi connectivity index (χ1v) is 7.07. The van der Waals surface area contributed by atoms with Crippen LogP contribution in [0.2, 0.25) is 0 Å². The molecular formula is C17H27N. The van der Waals surface area contributed by atoms with E-state index < -0.39 is 0 Å². The van der Waals surface area contributed by atoms with Gasteiger partial charge in [0.25, 0.3) is 0 Å². The molecule has 0 bridgehead atoms. The van der Waals surface area contributed by atoms with Crippen molar-refractivity contribution in [3.05, 3.63) is 35.4 Å². The first-order valence-electron chi connectivity index (χ1n) is 7.07. The summed E-state index contributed by atoms with van der Waals surface area (Å²) < 4.78 is 0. The van der Waals surface area contributed by atoms with Gasteiger partial charge in [-0.15, -0.1) is 0 Å². The van der Waals surface area contributed by atoms with Crippen molar-refractivity contribution >= 4 is 0 Å². The molecule has 1 fully saturated rings. The van der Waals surface area contributed by atoms with E-state index in [-0.39, 0.29) is 0 Å². The average molecular weight is 245 g/mol. The molecule has 1 aliphatic rings. The normalized spacial score (nSPS) is 22.8. The standard InChI is InChI=1S/C17H27N/c1-12-7-9-14(10-8-12)13(2)18-11-15-16(3,4)17(15,5)6/h7-10,13,15,18H,11H2,1-6H3. The summed E-state index contributed by atoms with van der Waals surface area (Å²) in [6.07, 6.45) is 0. The fourth-order valence-electron chi connectivity index (χ4n) is 3.11. The van der Waals surface area contributed by atoms with Crippen molar-refractivity contribution in [2.45, 2.75) is 47.6 Å². The van der Waals surface area contributed by atoms with E-state index in [2.05, 4.69) is 71.1 Å². The zero-order chi connectivity index (χ0) is 13.6. The van der Waals surface area contributed by atoms with E-state index >= 15 is 0 Å². The van der Waals surface area contributed by atoms with Gasteiger partial charge in [0.15, 0.2) is 0 Å². The van der Waals surface area contributed by atoms with E-state index in [1.807, 2.05) is 0 Å². The molecule has 0 heterocycles. The molecule has 1 N–H and O–H groups in total. The highest BCUT2D eigenvalue weighted by Gasteiger charge is 2.63. The largest absolute Gasteiger partial charge is 0.310 e. The highest BCUT2D eigenvalue weighted by Crippen LogP contribution is 2.68. The van der Waals surface area contributed by atoms with Gasteiger partial charge in [-0.05, 0) is 42.7 Å². The molecule has 1 aromatic carbocycles. The summed E-state index contributed by atoms with van der Waals surface area (Å²) in [6.45, 7) is 15.1. The van der Waals surface area contributed by atoms with Crippen LogP contribution < -0.4 is 5.32 Å². The molecule has 1 atom stereocenters. The Morgan fingerprint density at radius 1 is 1.06 bits per heavy atom. The van der Waals surface area contributed by atoms with Gasteiger partial charge in [0.2, 0.25) is 0 Å². The highest BCUT2D eigenvalue weighted by molar-refractivity contribution is 5.24. The third-order valence-corrected chi connectivity index (χ3v) is 5.53. The van der Waals surface area contributed by atoms with Crippen molar-refractivity contribution in [1.82, 2.24) is 5.32 Å². The van der Waals surface area contributed by atoms with Crippen molar-refractivity contribution in [2.75, 3.05) is 6.54 Å². The zero-order valence-corrected chi connectivity index (χ0v) is 12.7. The second-order valence-corrected chi connectivity index (χ2v) is 7.04. The van der Waals surface area contributed by atoms with Gasteiger partial charge >= 0.3 is 0 Å². The van der Waals surface area contributed by atoms with E-state index in [1.165, 1.54) is 11.1 Å². The summed E-state index contributed by atoms with van der Waals surface area (Å²) in [4.78, 5) is 0. The predicted molar refractivity (Wildman–Crippen MR) is 78.6 cm³/mol. The lowest BCUT2D eigenvalue weighted by Crippen LogP contribution is -2.23. The molecule has 1 nitrogen and oxygen atoms in total. The number of aryl methyl sites for hydroxylation is 1. The third-order valence-electron chi connectivity index (χ3n) is 5.53. The maximum absolute atomic E-state index is 3.69. The maximum atomic E-state index is 3.69. The van der Waals surface area contributed by atoms with Crippen molar-refractivity contribution in [3.8, 4) is 0 Å². The van der Waals surface area contributed by atoms with Crippen molar-refractivity contribution < 1.29 is 0 Å². The van der Waals surface area contributed by atoms with Gasteiger partial charge in [0.05, 0.1) is 0 Å². The molecule has 2 rings (SSSR count). The van der Waals surface area contributed by atoms with E-state index in [9.17, 15) is 0 Å². The van der Waals surface area contributed by atoms with Crippen LogP contribution >= 0.6 is 0 Å². The third kappa shape index (κ3) is 2.21. The topological polar surface area (TPSA) is 12.0 Å². The van der Waals surface area contributed by atoms with E-state index in [0.717, 1.165) is 12.5 Å². The number of rotatable bonds is 4. The van der Waals surface area contributed by atoms with Gasteiger partial charge in [-0.25, -0.2) is 0 Å². The number of hydrogen-bond donors (Lipinski definition) is 1. The molecule has 0 aliphatic heterocycles. The first-order chi connectivity index (χ1) is 8.26. The minimum Gasteiger partial charge on any atom is -0.310 e. The van der Waals surface area contributed by atoms with Crippen LogP contribution in [0.1, 0.15) is 51.8 Å². The summed E-state index contributed by atoms with van der Waals surface area (Å²) in [5.74, 6) is 0.790. The van der Waals surface area contributed by atoms with Crippen LogP contribution in [0.3, 0.4) is 0 Å². The Hall–Kier alpha value is -0.820. The Balaban J connectivity index is 1.90. The molecule has 1 saturated carbocycles. The minimum atomic E-state index is 0.442. The maximum Gasteiger partial charge on any atom is 0.0291 e. The van der Waals surface area contributed by atoms with E-state index in [4.69, 9.17) is 0 Å². The van der Waals surface area contributed by atoms with Crippen molar-refractivity contribution in [3.63, 3.8) is 0 Å². The molecule has 100 valence electrons. The summed E-state index contributed by atoms with van der Waals surface area (Å²) >= 11 is 0. The molecule has 0 aromatic heterocycles. The van der Waals surface area contributed by atoms with Crippen LogP contribution in [-0.2, 0) is 0 Å². The van der Waals surface area contributed by atoms with Crippen LogP contribution in [0, 0.1) is 23.7 Å². The Kier molecular flexibility index (Phi) is 3.31. The van der Waals surface area contributed by atoms with Crippen LogP contribution in [-0.4, -0.2) is 6.54 Å². The Labute approximate surface area is 112 Å². The van der Waals surface area contributed by atoms with Crippen molar-refractivity contribution in [1.29, 1.82) is 0 Å². The molecule has 0 amide bonds. The van der Waals surface area contributed by atoms with E-state index in [1.54, 1.807) is 0 Å². The predicted octanol–water partition coefficient (Wildman–Crippen LogP) is 4.33. The summed E-state index contributed by atoms with van der Waals surface area (Å²) in [5, 5.41) is 3.69. The smallest absolute Gasteiger partial charge is 0.0291 e. The monoisotopic (exact) mass is 245 g/mol. The summed E-state index contributed by atoms with van der Waals surface area (Å²) in [6, 6.07) is 9.29. The minimum absolute atomic E-state index is 0.442. The first kappa shape index (κ1) is 13.6. The number of hydrogen-bond acceptors (Lipinski definition) is 1. The molecule has 1 aromatic rings. The Bertz CT molecular complexity index is 400. The highest BCUT2D eigenvalue weighted by atomic mass is 14.9. The quantitative estimate of drug-likeness (QED) is 0.832. The number of benzene rings is 1.